The third-order valence-electron chi connectivity index (χ3n) is 4.53. The first-order valence-corrected chi connectivity index (χ1v) is 9.39. The van der Waals surface area contributed by atoms with E-state index in [2.05, 4.69) is 0 Å². The Hall–Kier alpha value is -2.40. The summed E-state index contributed by atoms with van der Waals surface area (Å²) in [5, 5.41) is 0.375. The van der Waals surface area contributed by atoms with Crippen LogP contribution in [0.15, 0.2) is 36.4 Å². The van der Waals surface area contributed by atoms with Crippen molar-refractivity contribution < 1.29 is 19.0 Å². The zero-order chi connectivity index (χ0) is 19.4. The molecular formula is C21H24ClNO4. The molecule has 1 amide bonds. The molecule has 2 aromatic carbocycles. The van der Waals surface area contributed by atoms with Crippen LogP contribution in [-0.4, -0.2) is 37.7 Å². The molecule has 0 N–H and O–H groups in total. The Morgan fingerprint density at radius 1 is 1.15 bits per heavy atom. The average Bonchev–Trinajstić information content (AvgIpc) is 3.52. The summed E-state index contributed by atoms with van der Waals surface area (Å²) >= 11 is 6.34. The predicted octanol–water partition coefficient (Wildman–Crippen LogP) is 4.56. The first kappa shape index (κ1) is 19.4. The molecule has 3 rings (SSSR count). The van der Waals surface area contributed by atoms with Gasteiger partial charge >= 0.3 is 0 Å². The van der Waals surface area contributed by atoms with Crippen molar-refractivity contribution in [3.8, 4) is 17.2 Å². The molecule has 0 atom stereocenters. The van der Waals surface area contributed by atoms with Crippen molar-refractivity contribution in [2.24, 2.45) is 0 Å². The van der Waals surface area contributed by atoms with Crippen LogP contribution in [0.5, 0.6) is 17.2 Å². The Morgan fingerprint density at radius 2 is 1.85 bits per heavy atom. The van der Waals surface area contributed by atoms with Gasteiger partial charge in [0.25, 0.3) is 5.91 Å². The number of nitrogens with zero attached hydrogens (tertiary/aromatic N) is 1. The van der Waals surface area contributed by atoms with Gasteiger partial charge in [-0.25, -0.2) is 0 Å². The summed E-state index contributed by atoms with van der Waals surface area (Å²) < 4.78 is 16.1. The van der Waals surface area contributed by atoms with E-state index in [1.807, 2.05) is 36.1 Å². The van der Waals surface area contributed by atoms with Crippen molar-refractivity contribution in [3.63, 3.8) is 0 Å². The van der Waals surface area contributed by atoms with Crippen molar-refractivity contribution in [2.45, 2.75) is 32.4 Å². The van der Waals surface area contributed by atoms with Crippen LogP contribution in [0, 0.1) is 0 Å². The standard InChI is InChI=1S/C21H24ClNO4/c1-4-27-20-18(22)11-15(12-19(20)26-3)21(24)23(16-7-8-16)13-14-5-9-17(25-2)10-6-14/h5-6,9-12,16H,4,7-8,13H2,1-3H3. The summed E-state index contributed by atoms with van der Waals surface area (Å²) in [5.74, 6) is 1.67. The highest BCUT2D eigenvalue weighted by Gasteiger charge is 2.33. The maximum atomic E-state index is 13.2. The summed E-state index contributed by atoms with van der Waals surface area (Å²) in [6.07, 6.45) is 2.04. The molecule has 0 spiro atoms. The van der Waals surface area contributed by atoms with Crippen LogP contribution >= 0.6 is 11.6 Å². The zero-order valence-corrected chi connectivity index (χ0v) is 16.6. The Morgan fingerprint density at radius 3 is 2.41 bits per heavy atom. The number of halogens is 1. The summed E-state index contributed by atoms with van der Waals surface area (Å²) in [6.45, 7) is 2.88. The van der Waals surface area contributed by atoms with E-state index in [0.717, 1.165) is 24.2 Å². The number of amides is 1. The van der Waals surface area contributed by atoms with Crippen molar-refractivity contribution >= 4 is 17.5 Å². The highest BCUT2D eigenvalue weighted by Crippen LogP contribution is 2.38. The minimum atomic E-state index is -0.0587. The summed E-state index contributed by atoms with van der Waals surface area (Å²) in [7, 11) is 3.18. The molecule has 1 aliphatic rings. The van der Waals surface area contributed by atoms with Gasteiger partial charge < -0.3 is 19.1 Å². The lowest BCUT2D eigenvalue weighted by Crippen LogP contribution is -2.32. The van der Waals surface area contributed by atoms with Crippen LogP contribution in [0.1, 0.15) is 35.7 Å². The lowest BCUT2D eigenvalue weighted by molar-refractivity contribution is 0.0729. The van der Waals surface area contributed by atoms with Gasteiger partial charge in [0.05, 0.1) is 25.8 Å². The normalized spacial score (nSPS) is 13.2. The Balaban J connectivity index is 1.85. The summed E-state index contributed by atoms with van der Waals surface area (Å²) in [4.78, 5) is 15.1. The quantitative estimate of drug-likeness (QED) is 0.664. The molecule has 0 bridgehead atoms. The Kier molecular flexibility index (Phi) is 6.11. The van der Waals surface area contributed by atoms with Gasteiger partial charge in [-0.2, -0.15) is 0 Å². The summed E-state index contributed by atoms with van der Waals surface area (Å²) in [5.41, 5.74) is 1.56. The topological polar surface area (TPSA) is 48.0 Å². The second-order valence-electron chi connectivity index (χ2n) is 6.43. The maximum Gasteiger partial charge on any atom is 0.254 e. The van der Waals surface area contributed by atoms with E-state index in [4.69, 9.17) is 25.8 Å². The van der Waals surface area contributed by atoms with E-state index in [0.29, 0.717) is 35.2 Å². The van der Waals surface area contributed by atoms with Gasteiger partial charge in [0.15, 0.2) is 11.5 Å². The average molecular weight is 390 g/mol. The van der Waals surface area contributed by atoms with Crippen molar-refractivity contribution in [3.05, 3.63) is 52.5 Å². The highest BCUT2D eigenvalue weighted by atomic mass is 35.5. The fourth-order valence-corrected chi connectivity index (χ4v) is 3.24. The van der Waals surface area contributed by atoms with E-state index in [9.17, 15) is 4.79 Å². The van der Waals surface area contributed by atoms with Gasteiger partial charge in [0.1, 0.15) is 5.75 Å². The second kappa shape index (κ2) is 8.53. The molecule has 5 nitrogen and oxygen atoms in total. The van der Waals surface area contributed by atoms with E-state index >= 15 is 0 Å². The van der Waals surface area contributed by atoms with E-state index in [1.54, 1.807) is 26.4 Å². The lowest BCUT2D eigenvalue weighted by atomic mass is 10.1. The molecule has 6 heteroatoms. The summed E-state index contributed by atoms with van der Waals surface area (Å²) in [6, 6.07) is 11.4. The molecule has 1 saturated carbocycles. The number of hydrogen-bond acceptors (Lipinski definition) is 4. The molecule has 0 heterocycles. The zero-order valence-electron chi connectivity index (χ0n) is 15.8. The lowest BCUT2D eigenvalue weighted by Gasteiger charge is -2.23. The van der Waals surface area contributed by atoms with E-state index in [-0.39, 0.29) is 11.9 Å². The van der Waals surface area contributed by atoms with Crippen LogP contribution in [-0.2, 0) is 6.54 Å². The molecular weight excluding hydrogens is 366 g/mol. The van der Waals surface area contributed by atoms with E-state index in [1.165, 1.54) is 0 Å². The highest BCUT2D eigenvalue weighted by molar-refractivity contribution is 6.32. The Bertz CT molecular complexity index is 803. The molecule has 0 radical (unpaired) electrons. The van der Waals surface area contributed by atoms with Crippen LogP contribution in [0.3, 0.4) is 0 Å². The monoisotopic (exact) mass is 389 g/mol. The van der Waals surface area contributed by atoms with Crippen molar-refractivity contribution in [2.75, 3.05) is 20.8 Å². The number of hydrogen-bond donors (Lipinski definition) is 0. The third-order valence-corrected chi connectivity index (χ3v) is 4.81. The molecule has 0 aliphatic heterocycles. The maximum absolute atomic E-state index is 13.2. The molecule has 0 aromatic heterocycles. The van der Waals surface area contributed by atoms with Crippen LogP contribution in [0.2, 0.25) is 5.02 Å². The molecule has 0 saturated heterocycles. The molecule has 144 valence electrons. The van der Waals surface area contributed by atoms with Gasteiger partial charge in [-0.1, -0.05) is 23.7 Å². The largest absolute Gasteiger partial charge is 0.497 e. The molecule has 1 fully saturated rings. The second-order valence-corrected chi connectivity index (χ2v) is 6.84. The smallest absolute Gasteiger partial charge is 0.254 e. The number of benzene rings is 2. The minimum Gasteiger partial charge on any atom is -0.497 e. The molecule has 2 aromatic rings. The number of ether oxygens (including phenoxy) is 3. The number of rotatable bonds is 8. The number of carbonyl (C=O) groups is 1. The number of carbonyl (C=O) groups excluding carboxylic acids is 1. The minimum absolute atomic E-state index is 0.0587. The molecule has 0 unspecified atom stereocenters. The fourth-order valence-electron chi connectivity index (χ4n) is 2.97. The van der Waals surface area contributed by atoms with Crippen LogP contribution < -0.4 is 14.2 Å². The van der Waals surface area contributed by atoms with Gasteiger partial charge in [-0.15, -0.1) is 0 Å². The molecule has 1 aliphatic carbocycles. The van der Waals surface area contributed by atoms with Crippen molar-refractivity contribution in [1.82, 2.24) is 4.90 Å². The fraction of sp³-hybridized carbons (Fsp3) is 0.381. The molecule has 27 heavy (non-hydrogen) atoms. The van der Waals surface area contributed by atoms with Crippen molar-refractivity contribution in [1.29, 1.82) is 0 Å². The van der Waals surface area contributed by atoms with Crippen LogP contribution in [0.4, 0.5) is 0 Å². The third kappa shape index (κ3) is 4.48. The SMILES string of the molecule is CCOc1c(Cl)cc(C(=O)N(Cc2ccc(OC)cc2)C2CC2)cc1OC. The van der Waals surface area contributed by atoms with Gasteiger partial charge in [0, 0.05) is 18.2 Å². The van der Waals surface area contributed by atoms with Gasteiger partial charge in [-0.05, 0) is 49.6 Å². The number of methoxy groups -OCH3 is 2. The van der Waals surface area contributed by atoms with Crippen LogP contribution in [0.25, 0.3) is 0 Å². The van der Waals surface area contributed by atoms with Gasteiger partial charge in [0.2, 0.25) is 0 Å². The van der Waals surface area contributed by atoms with E-state index < -0.39 is 0 Å². The first-order valence-electron chi connectivity index (χ1n) is 9.01. The first-order chi connectivity index (χ1) is 13.1. The predicted molar refractivity (Wildman–Crippen MR) is 105 cm³/mol. The Labute approximate surface area is 164 Å². The van der Waals surface area contributed by atoms with Gasteiger partial charge in [-0.3, -0.25) is 4.79 Å².